The van der Waals surface area contributed by atoms with Crippen LogP contribution in [0, 0.1) is 0 Å². The molecule has 4 rings (SSSR count). The van der Waals surface area contributed by atoms with Crippen LogP contribution in [-0.2, 0) is 19.9 Å². The Labute approximate surface area is 187 Å². The van der Waals surface area contributed by atoms with Gasteiger partial charge in [0.05, 0.1) is 16.9 Å². The highest BCUT2D eigenvalue weighted by molar-refractivity contribution is 7.90. The molecule has 1 aliphatic heterocycles. The average molecular weight is 478 g/mol. The molecule has 1 aromatic heterocycles. The molecule has 32 heavy (non-hydrogen) atoms. The van der Waals surface area contributed by atoms with Crippen molar-refractivity contribution in [3.63, 3.8) is 0 Å². The molecule has 0 aliphatic carbocycles. The van der Waals surface area contributed by atoms with Crippen LogP contribution >= 0.6 is 0 Å². The van der Waals surface area contributed by atoms with E-state index in [1.54, 1.807) is 30.3 Å². The van der Waals surface area contributed by atoms with Gasteiger partial charge in [0.15, 0.2) is 9.84 Å². The van der Waals surface area contributed by atoms with Crippen molar-refractivity contribution in [1.82, 2.24) is 14.4 Å². The molecule has 0 spiro atoms. The minimum Gasteiger partial charge on any atom is -0.497 e. The van der Waals surface area contributed by atoms with Crippen LogP contribution in [0.4, 0.5) is 0 Å². The number of rotatable bonds is 6. The van der Waals surface area contributed by atoms with E-state index in [0.717, 1.165) is 6.26 Å². The van der Waals surface area contributed by atoms with Gasteiger partial charge in [0.25, 0.3) is 0 Å². The molecule has 2 heterocycles. The van der Waals surface area contributed by atoms with E-state index in [0.29, 0.717) is 49.0 Å². The van der Waals surface area contributed by atoms with Crippen molar-refractivity contribution in [3.8, 4) is 17.1 Å². The van der Waals surface area contributed by atoms with Crippen molar-refractivity contribution in [2.24, 2.45) is 0 Å². The van der Waals surface area contributed by atoms with Crippen LogP contribution in [0.15, 0.2) is 62.8 Å². The van der Waals surface area contributed by atoms with Crippen LogP contribution in [-0.4, -0.2) is 57.7 Å². The predicted octanol–water partition coefficient (Wildman–Crippen LogP) is 2.72. The smallest absolute Gasteiger partial charge is 0.243 e. The van der Waals surface area contributed by atoms with Crippen molar-refractivity contribution in [3.05, 3.63) is 54.4 Å². The molecule has 0 N–H and O–H groups in total. The van der Waals surface area contributed by atoms with E-state index in [1.807, 2.05) is 0 Å². The lowest BCUT2D eigenvalue weighted by molar-refractivity contribution is 0.270. The average Bonchev–Trinajstić information content (AvgIpc) is 3.29. The quantitative estimate of drug-likeness (QED) is 0.531. The molecule has 9 nitrogen and oxygen atoms in total. The number of piperidine rings is 1. The van der Waals surface area contributed by atoms with Gasteiger partial charge in [-0.2, -0.15) is 9.29 Å². The van der Waals surface area contributed by atoms with Gasteiger partial charge in [-0.15, -0.1) is 0 Å². The third kappa shape index (κ3) is 4.54. The first kappa shape index (κ1) is 22.4. The van der Waals surface area contributed by atoms with Crippen molar-refractivity contribution in [1.29, 1.82) is 0 Å². The molecule has 170 valence electrons. The monoisotopic (exact) mass is 477 g/mol. The number of hydrogen-bond acceptors (Lipinski definition) is 8. The highest BCUT2D eigenvalue weighted by Gasteiger charge is 2.32. The molecule has 0 radical (unpaired) electrons. The molecule has 0 atom stereocenters. The van der Waals surface area contributed by atoms with Crippen LogP contribution in [0.5, 0.6) is 5.75 Å². The molecule has 11 heteroatoms. The van der Waals surface area contributed by atoms with Crippen LogP contribution in [0.3, 0.4) is 0 Å². The first-order valence-corrected chi connectivity index (χ1v) is 13.3. The summed E-state index contributed by atoms with van der Waals surface area (Å²) < 4.78 is 61.5. The number of aromatic nitrogens is 2. The SMILES string of the molecule is COc1cccc(S(=O)(=O)N2CCC(c3nc(-c4cccc(S(C)(=O)=O)c4)no3)CC2)c1. The Morgan fingerprint density at radius 2 is 1.69 bits per heavy atom. The fourth-order valence-electron chi connectivity index (χ4n) is 3.64. The Balaban J connectivity index is 1.47. The second-order valence-electron chi connectivity index (χ2n) is 7.61. The molecule has 2 aromatic carbocycles. The molecular weight excluding hydrogens is 454 g/mol. The standard InChI is InChI=1S/C21H23N3O6S2/c1-29-17-6-4-8-19(14-17)32(27,28)24-11-9-15(10-12-24)21-22-20(23-30-21)16-5-3-7-18(13-16)31(2,25)26/h3-8,13-15H,9-12H2,1-2H3. The Bertz CT molecular complexity index is 1330. The maximum absolute atomic E-state index is 13.0. The van der Waals surface area contributed by atoms with Gasteiger partial charge in [0, 0.05) is 36.9 Å². The summed E-state index contributed by atoms with van der Waals surface area (Å²) in [4.78, 5) is 4.81. The molecule has 1 saturated heterocycles. The maximum atomic E-state index is 13.0. The van der Waals surface area contributed by atoms with Crippen LogP contribution < -0.4 is 4.74 Å². The Morgan fingerprint density at radius 1 is 1.00 bits per heavy atom. The summed E-state index contributed by atoms with van der Waals surface area (Å²) in [5.74, 6) is 1.13. The summed E-state index contributed by atoms with van der Waals surface area (Å²) >= 11 is 0. The molecule has 1 fully saturated rings. The van der Waals surface area contributed by atoms with Crippen molar-refractivity contribution in [2.75, 3.05) is 26.5 Å². The largest absolute Gasteiger partial charge is 0.497 e. The summed E-state index contributed by atoms with van der Waals surface area (Å²) in [5, 5.41) is 3.99. The highest BCUT2D eigenvalue weighted by atomic mass is 32.2. The minimum absolute atomic E-state index is 0.0777. The first-order chi connectivity index (χ1) is 15.2. The van der Waals surface area contributed by atoms with E-state index in [-0.39, 0.29) is 15.7 Å². The van der Waals surface area contributed by atoms with Gasteiger partial charge >= 0.3 is 0 Å². The zero-order chi connectivity index (χ0) is 22.9. The number of hydrogen-bond donors (Lipinski definition) is 0. The minimum atomic E-state index is -3.63. The van der Waals surface area contributed by atoms with Gasteiger partial charge in [0.2, 0.25) is 21.7 Å². The number of ether oxygens (including phenoxy) is 1. The van der Waals surface area contributed by atoms with Crippen molar-refractivity contribution < 1.29 is 26.1 Å². The molecule has 1 aliphatic rings. The normalized spacial score (nSPS) is 16.2. The number of methoxy groups -OCH3 is 1. The van der Waals surface area contributed by atoms with Crippen molar-refractivity contribution in [2.45, 2.75) is 28.6 Å². The third-order valence-corrected chi connectivity index (χ3v) is 8.45. The predicted molar refractivity (Wildman–Crippen MR) is 117 cm³/mol. The Hall–Kier alpha value is -2.76. The summed E-state index contributed by atoms with van der Waals surface area (Å²) in [6, 6.07) is 12.8. The first-order valence-electron chi connectivity index (χ1n) is 9.97. The maximum Gasteiger partial charge on any atom is 0.243 e. The second kappa shape index (κ2) is 8.64. The van der Waals surface area contributed by atoms with Gasteiger partial charge < -0.3 is 9.26 Å². The van der Waals surface area contributed by atoms with Gasteiger partial charge in [0.1, 0.15) is 5.75 Å². The molecular formula is C21H23N3O6S2. The van der Waals surface area contributed by atoms with E-state index in [1.165, 1.54) is 29.6 Å². The summed E-state index contributed by atoms with van der Waals surface area (Å²) in [7, 11) is -5.48. The highest BCUT2D eigenvalue weighted by Crippen LogP contribution is 2.32. The van der Waals surface area contributed by atoms with Gasteiger partial charge in [-0.25, -0.2) is 16.8 Å². The summed E-state index contributed by atoms with van der Waals surface area (Å²) in [5.41, 5.74) is 0.543. The van der Waals surface area contributed by atoms with Crippen molar-refractivity contribution >= 4 is 19.9 Å². The summed E-state index contributed by atoms with van der Waals surface area (Å²) in [6.45, 7) is 0.650. The van der Waals surface area contributed by atoms with E-state index in [9.17, 15) is 16.8 Å². The van der Waals surface area contributed by atoms with E-state index < -0.39 is 19.9 Å². The Kier molecular flexibility index (Phi) is 6.06. The molecule has 0 unspecified atom stereocenters. The molecule has 0 bridgehead atoms. The Morgan fingerprint density at radius 3 is 2.38 bits per heavy atom. The molecule has 0 amide bonds. The lowest BCUT2D eigenvalue weighted by atomic mass is 9.98. The van der Waals surface area contributed by atoms with Gasteiger partial charge in [-0.3, -0.25) is 0 Å². The van der Waals surface area contributed by atoms with E-state index in [2.05, 4.69) is 10.1 Å². The number of nitrogens with zero attached hydrogens (tertiary/aromatic N) is 3. The fraction of sp³-hybridized carbons (Fsp3) is 0.333. The number of sulfone groups is 1. The third-order valence-electron chi connectivity index (χ3n) is 5.44. The van der Waals surface area contributed by atoms with Crippen LogP contribution in [0.25, 0.3) is 11.4 Å². The molecule has 0 saturated carbocycles. The lowest BCUT2D eigenvalue weighted by Crippen LogP contribution is -2.37. The zero-order valence-electron chi connectivity index (χ0n) is 17.6. The number of sulfonamides is 1. The molecule has 3 aromatic rings. The van der Waals surface area contributed by atoms with E-state index in [4.69, 9.17) is 9.26 Å². The van der Waals surface area contributed by atoms with Gasteiger partial charge in [-0.1, -0.05) is 23.4 Å². The van der Waals surface area contributed by atoms with Crippen LogP contribution in [0.2, 0.25) is 0 Å². The lowest BCUT2D eigenvalue weighted by Gasteiger charge is -2.29. The number of benzene rings is 2. The van der Waals surface area contributed by atoms with E-state index >= 15 is 0 Å². The topological polar surface area (TPSA) is 120 Å². The summed E-state index contributed by atoms with van der Waals surface area (Å²) in [6.07, 6.45) is 2.21. The zero-order valence-corrected chi connectivity index (χ0v) is 19.3. The van der Waals surface area contributed by atoms with Gasteiger partial charge in [-0.05, 0) is 37.1 Å². The second-order valence-corrected chi connectivity index (χ2v) is 11.6. The van der Waals surface area contributed by atoms with Crippen LogP contribution in [0.1, 0.15) is 24.7 Å². The fourth-order valence-corrected chi connectivity index (χ4v) is 5.81.